The maximum Gasteiger partial charge on any atom is 0.251 e. The summed E-state index contributed by atoms with van der Waals surface area (Å²) in [6.45, 7) is 5.45. The second-order valence-electron chi connectivity index (χ2n) is 6.30. The molecule has 1 saturated heterocycles. The quantitative estimate of drug-likeness (QED) is 0.810. The van der Waals surface area contributed by atoms with Gasteiger partial charge in [-0.25, -0.2) is 0 Å². The first kappa shape index (κ1) is 18.0. The van der Waals surface area contributed by atoms with Gasteiger partial charge in [0.2, 0.25) is 0 Å². The maximum absolute atomic E-state index is 12.5. The number of carbonyl (C=O) groups is 1. The molecule has 1 aromatic heterocycles. The zero-order valence-corrected chi connectivity index (χ0v) is 15.6. The van der Waals surface area contributed by atoms with Gasteiger partial charge in [-0.05, 0) is 68.6 Å². The van der Waals surface area contributed by atoms with E-state index in [4.69, 9.17) is 4.74 Å². The summed E-state index contributed by atoms with van der Waals surface area (Å²) >= 11 is 1.77. The van der Waals surface area contributed by atoms with Gasteiger partial charge in [-0.15, -0.1) is 11.3 Å². The van der Waals surface area contributed by atoms with Gasteiger partial charge in [0.15, 0.2) is 0 Å². The van der Waals surface area contributed by atoms with Crippen LogP contribution >= 0.6 is 11.3 Å². The third kappa shape index (κ3) is 4.83. The second-order valence-corrected chi connectivity index (χ2v) is 7.27. The van der Waals surface area contributed by atoms with Crippen molar-refractivity contribution in [2.24, 2.45) is 0 Å². The van der Waals surface area contributed by atoms with E-state index in [1.165, 1.54) is 24.1 Å². The molecule has 0 unspecified atom stereocenters. The minimum Gasteiger partial charge on any atom is -0.494 e. The summed E-state index contributed by atoms with van der Waals surface area (Å²) in [4.78, 5) is 16.3. The molecule has 5 heteroatoms. The molecular weight excluding hydrogens is 332 g/mol. The van der Waals surface area contributed by atoms with Crippen molar-refractivity contribution in [3.05, 3.63) is 52.2 Å². The minimum absolute atomic E-state index is 0.0263. The van der Waals surface area contributed by atoms with E-state index in [0.717, 1.165) is 18.8 Å². The summed E-state index contributed by atoms with van der Waals surface area (Å²) in [5.41, 5.74) is 0.673. The average molecular weight is 359 g/mol. The van der Waals surface area contributed by atoms with E-state index in [1.807, 2.05) is 31.2 Å². The first-order valence-electron chi connectivity index (χ1n) is 9.06. The fraction of sp³-hybridized carbons (Fsp3) is 0.450. The SMILES string of the molecule is CCOc1ccc(C(=O)NC[C@H](c2cccs2)N2CCCCC2)cc1. The van der Waals surface area contributed by atoms with Gasteiger partial charge in [-0.1, -0.05) is 12.5 Å². The monoisotopic (exact) mass is 358 g/mol. The van der Waals surface area contributed by atoms with E-state index < -0.39 is 0 Å². The first-order chi connectivity index (χ1) is 12.3. The predicted molar refractivity (Wildman–Crippen MR) is 102 cm³/mol. The minimum atomic E-state index is -0.0263. The largest absolute Gasteiger partial charge is 0.494 e. The van der Waals surface area contributed by atoms with Crippen LogP contribution in [0.2, 0.25) is 0 Å². The molecule has 0 bridgehead atoms. The van der Waals surface area contributed by atoms with Crippen LogP contribution in [0.3, 0.4) is 0 Å². The van der Waals surface area contributed by atoms with Crippen molar-refractivity contribution in [3.63, 3.8) is 0 Å². The first-order valence-corrected chi connectivity index (χ1v) is 9.94. The zero-order valence-electron chi connectivity index (χ0n) is 14.7. The Hall–Kier alpha value is -1.85. The molecule has 0 saturated carbocycles. The molecule has 0 radical (unpaired) electrons. The van der Waals surface area contributed by atoms with Crippen molar-refractivity contribution in [2.75, 3.05) is 26.2 Å². The summed E-state index contributed by atoms with van der Waals surface area (Å²) in [5, 5.41) is 5.23. The number of likely N-dealkylation sites (tertiary alicyclic amines) is 1. The molecule has 134 valence electrons. The number of carbonyl (C=O) groups excluding carboxylic acids is 1. The Morgan fingerprint density at radius 1 is 1.20 bits per heavy atom. The number of piperidine rings is 1. The molecule has 25 heavy (non-hydrogen) atoms. The summed E-state index contributed by atoms with van der Waals surface area (Å²) in [6, 6.07) is 11.9. The van der Waals surface area contributed by atoms with Crippen molar-refractivity contribution in [1.29, 1.82) is 0 Å². The van der Waals surface area contributed by atoms with E-state index in [1.54, 1.807) is 11.3 Å². The van der Waals surface area contributed by atoms with Crippen LogP contribution in [-0.2, 0) is 0 Å². The molecule has 2 aromatic rings. The predicted octanol–water partition coefficient (Wildman–Crippen LogP) is 4.10. The number of amides is 1. The smallest absolute Gasteiger partial charge is 0.251 e. The standard InChI is InChI=1S/C20H26N2O2S/c1-2-24-17-10-8-16(9-11-17)20(23)21-15-18(19-7-6-14-25-19)22-12-4-3-5-13-22/h6-11,14,18H,2-5,12-13,15H2,1H3,(H,21,23)/t18-/m1/s1. The Kier molecular flexibility index (Phi) is 6.48. The number of nitrogens with zero attached hydrogens (tertiary/aromatic N) is 1. The van der Waals surface area contributed by atoms with Crippen LogP contribution < -0.4 is 10.1 Å². The average Bonchev–Trinajstić information content (AvgIpc) is 3.18. The van der Waals surface area contributed by atoms with Gasteiger partial charge in [-0.2, -0.15) is 0 Å². The Morgan fingerprint density at radius 2 is 1.96 bits per heavy atom. The van der Waals surface area contributed by atoms with Gasteiger partial charge in [0.1, 0.15) is 5.75 Å². The lowest BCUT2D eigenvalue weighted by Crippen LogP contribution is -2.40. The number of thiophene rings is 1. The van der Waals surface area contributed by atoms with Crippen molar-refractivity contribution in [2.45, 2.75) is 32.2 Å². The molecule has 1 aliphatic rings. The highest BCUT2D eigenvalue weighted by atomic mass is 32.1. The molecular formula is C20H26N2O2S. The molecule has 3 rings (SSSR count). The fourth-order valence-corrected chi connectivity index (χ4v) is 4.14. The van der Waals surface area contributed by atoms with Gasteiger partial charge in [0.25, 0.3) is 5.91 Å². The molecule has 1 fully saturated rings. The molecule has 1 amide bonds. The molecule has 0 spiro atoms. The number of benzene rings is 1. The Morgan fingerprint density at radius 3 is 2.60 bits per heavy atom. The number of hydrogen-bond donors (Lipinski definition) is 1. The number of hydrogen-bond acceptors (Lipinski definition) is 4. The van der Waals surface area contributed by atoms with Gasteiger partial charge in [0.05, 0.1) is 12.6 Å². The highest BCUT2D eigenvalue weighted by Gasteiger charge is 2.23. The van der Waals surface area contributed by atoms with Crippen molar-refractivity contribution < 1.29 is 9.53 Å². The molecule has 1 atom stereocenters. The van der Waals surface area contributed by atoms with Gasteiger partial charge in [0, 0.05) is 17.0 Å². The Bertz CT molecular complexity index is 649. The maximum atomic E-state index is 12.5. The second kappa shape index (κ2) is 9.02. The van der Waals surface area contributed by atoms with Gasteiger partial charge in [-0.3, -0.25) is 9.69 Å². The van der Waals surface area contributed by atoms with Gasteiger partial charge >= 0.3 is 0 Å². The molecule has 1 aromatic carbocycles. The summed E-state index contributed by atoms with van der Waals surface area (Å²) in [7, 11) is 0. The Balaban J connectivity index is 1.62. The number of rotatable bonds is 7. The summed E-state index contributed by atoms with van der Waals surface area (Å²) < 4.78 is 5.43. The van der Waals surface area contributed by atoms with E-state index in [9.17, 15) is 4.79 Å². The van der Waals surface area contributed by atoms with Crippen LogP contribution in [0.5, 0.6) is 5.75 Å². The fourth-order valence-electron chi connectivity index (χ4n) is 3.28. The molecule has 0 aliphatic carbocycles. The highest BCUT2D eigenvalue weighted by molar-refractivity contribution is 7.10. The molecule has 1 aliphatic heterocycles. The normalized spacial score (nSPS) is 16.4. The Labute approximate surface area is 153 Å². The van der Waals surface area contributed by atoms with Crippen LogP contribution in [0.4, 0.5) is 0 Å². The molecule has 2 heterocycles. The van der Waals surface area contributed by atoms with Crippen LogP contribution in [-0.4, -0.2) is 37.0 Å². The van der Waals surface area contributed by atoms with Crippen molar-refractivity contribution in [3.8, 4) is 5.75 Å². The lowest BCUT2D eigenvalue weighted by Gasteiger charge is -2.34. The third-order valence-corrected chi connectivity index (χ3v) is 5.56. The van der Waals surface area contributed by atoms with Crippen LogP contribution in [0.25, 0.3) is 0 Å². The zero-order chi connectivity index (χ0) is 17.5. The summed E-state index contributed by atoms with van der Waals surface area (Å²) in [5.74, 6) is 0.769. The van der Waals surface area contributed by atoms with E-state index in [2.05, 4.69) is 27.7 Å². The van der Waals surface area contributed by atoms with Gasteiger partial charge < -0.3 is 10.1 Å². The summed E-state index contributed by atoms with van der Waals surface area (Å²) in [6.07, 6.45) is 3.80. The van der Waals surface area contributed by atoms with Crippen LogP contribution in [0.1, 0.15) is 47.5 Å². The number of ether oxygens (including phenoxy) is 1. The van der Waals surface area contributed by atoms with E-state index in [-0.39, 0.29) is 11.9 Å². The van der Waals surface area contributed by atoms with E-state index in [0.29, 0.717) is 18.7 Å². The lowest BCUT2D eigenvalue weighted by atomic mass is 10.1. The number of nitrogens with one attached hydrogen (secondary N) is 1. The van der Waals surface area contributed by atoms with Crippen molar-refractivity contribution in [1.82, 2.24) is 10.2 Å². The van der Waals surface area contributed by atoms with Crippen LogP contribution in [0, 0.1) is 0 Å². The van der Waals surface area contributed by atoms with Crippen LogP contribution in [0.15, 0.2) is 41.8 Å². The lowest BCUT2D eigenvalue weighted by molar-refractivity contribution is 0.0925. The van der Waals surface area contributed by atoms with E-state index >= 15 is 0 Å². The molecule has 4 nitrogen and oxygen atoms in total. The third-order valence-electron chi connectivity index (χ3n) is 4.59. The molecule has 1 N–H and O–H groups in total. The highest BCUT2D eigenvalue weighted by Crippen LogP contribution is 2.27. The topological polar surface area (TPSA) is 41.6 Å². The van der Waals surface area contributed by atoms with Crippen molar-refractivity contribution >= 4 is 17.2 Å².